The van der Waals surface area contributed by atoms with Gasteiger partial charge in [0.25, 0.3) is 5.69 Å². The Labute approximate surface area is 105 Å². The SMILES string of the molecule is CC1(Nc2cccc([N+](=O)[O-])c2)CCS(=O)(=O)C1. The molecule has 1 aliphatic rings. The molecule has 0 saturated carbocycles. The van der Waals surface area contributed by atoms with E-state index >= 15 is 0 Å². The van der Waals surface area contributed by atoms with Crippen LogP contribution in [0.2, 0.25) is 0 Å². The maximum atomic E-state index is 11.5. The van der Waals surface area contributed by atoms with Crippen molar-refractivity contribution in [2.45, 2.75) is 18.9 Å². The first-order chi connectivity index (χ1) is 8.30. The summed E-state index contributed by atoms with van der Waals surface area (Å²) in [5.74, 6) is 0.216. The van der Waals surface area contributed by atoms with Crippen LogP contribution in [0.25, 0.3) is 0 Å². The number of nitro groups is 1. The van der Waals surface area contributed by atoms with Crippen molar-refractivity contribution in [3.8, 4) is 0 Å². The summed E-state index contributed by atoms with van der Waals surface area (Å²) in [6.07, 6.45) is 0.512. The van der Waals surface area contributed by atoms with Gasteiger partial charge in [0, 0.05) is 23.4 Å². The zero-order chi connectivity index (χ0) is 13.4. The Morgan fingerprint density at radius 1 is 1.44 bits per heavy atom. The van der Waals surface area contributed by atoms with Crippen LogP contribution in [0, 0.1) is 10.1 Å². The third kappa shape index (κ3) is 2.79. The van der Waals surface area contributed by atoms with Gasteiger partial charge >= 0.3 is 0 Å². The van der Waals surface area contributed by atoms with Crippen molar-refractivity contribution in [2.24, 2.45) is 0 Å². The first-order valence-corrected chi connectivity index (χ1v) is 7.35. The summed E-state index contributed by atoms with van der Waals surface area (Å²) in [7, 11) is -3.00. The van der Waals surface area contributed by atoms with Gasteiger partial charge in [-0.05, 0) is 19.4 Å². The number of sulfone groups is 1. The maximum absolute atomic E-state index is 11.5. The molecule has 0 radical (unpaired) electrons. The number of hydrogen-bond acceptors (Lipinski definition) is 5. The first-order valence-electron chi connectivity index (χ1n) is 5.53. The summed E-state index contributed by atoms with van der Waals surface area (Å²) < 4.78 is 22.9. The molecule has 1 aromatic rings. The van der Waals surface area contributed by atoms with Gasteiger partial charge in [-0.1, -0.05) is 6.07 Å². The molecule has 1 heterocycles. The van der Waals surface area contributed by atoms with E-state index in [1.165, 1.54) is 12.1 Å². The van der Waals surface area contributed by atoms with Gasteiger partial charge in [-0.3, -0.25) is 10.1 Å². The van der Waals surface area contributed by atoms with Crippen LogP contribution in [-0.2, 0) is 9.84 Å². The maximum Gasteiger partial charge on any atom is 0.271 e. The second-order valence-corrected chi connectivity index (χ2v) is 7.02. The molecule has 1 atom stereocenters. The van der Waals surface area contributed by atoms with Crippen LogP contribution in [0.1, 0.15) is 13.3 Å². The number of hydrogen-bond donors (Lipinski definition) is 1. The molecule has 6 nitrogen and oxygen atoms in total. The van der Waals surface area contributed by atoms with Crippen molar-refractivity contribution in [2.75, 3.05) is 16.8 Å². The highest BCUT2D eigenvalue weighted by molar-refractivity contribution is 7.91. The molecule has 0 amide bonds. The van der Waals surface area contributed by atoms with Crippen LogP contribution >= 0.6 is 0 Å². The average Bonchev–Trinajstić information content (AvgIpc) is 2.53. The quantitative estimate of drug-likeness (QED) is 0.665. The Morgan fingerprint density at radius 2 is 2.17 bits per heavy atom. The lowest BCUT2D eigenvalue weighted by Crippen LogP contribution is -2.35. The summed E-state index contributed by atoms with van der Waals surface area (Å²) in [6.45, 7) is 1.82. The Morgan fingerprint density at radius 3 is 2.72 bits per heavy atom. The fourth-order valence-electron chi connectivity index (χ4n) is 2.15. The highest BCUT2D eigenvalue weighted by Gasteiger charge is 2.38. The van der Waals surface area contributed by atoms with E-state index in [2.05, 4.69) is 5.32 Å². The summed E-state index contributed by atoms with van der Waals surface area (Å²) in [5, 5.41) is 13.7. The molecule has 1 unspecified atom stereocenters. The molecule has 0 spiro atoms. The Kier molecular flexibility index (Phi) is 3.02. The lowest BCUT2D eigenvalue weighted by atomic mass is 10.0. The monoisotopic (exact) mass is 270 g/mol. The summed E-state index contributed by atoms with van der Waals surface area (Å²) in [4.78, 5) is 10.2. The van der Waals surface area contributed by atoms with Crippen LogP contribution in [-0.4, -0.2) is 30.4 Å². The molecular weight excluding hydrogens is 256 g/mol. The van der Waals surface area contributed by atoms with Gasteiger partial charge in [-0.2, -0.15) is 0 Å². The fraction of sp³-hybridized carbons (Fsp3) is 0.455. The number of nitrogens with zero attached hydrogens (tertiary/aromatic N) is 1. The molecule has 98 valence electrons. The predicted molar refractivity (Wildman–Crippen MR) is 68.4 cm³/mol. The van der Waals surface area contributed by atoms with Crippen molar-refractivity contribution < 1.29 is 13.3 Å². The number of anilines is 1. The van der Waals surface area contributed by atoms with Gasteiger partial charge in [0.2, 0.25) is 0 Å². The molecule has 7 heteroatoms. The second kappa shape index (κ2) is 4.24. The minimum atomic E-state index is -3.00. The molecule has 1 saturated heterocycles. The van der Waals surface area contributed by atoms with Gasteiger partial charge in [0.05, 0.1) is 16.4 Å². The van der Waals surface area contributed by atoms with Crippen LogP contribution in [0.15, 0.2) is 24.3 Å². The number of nitro benzene ring substituents is 1. The van der Waals surface area contributed by atoms with E-state index in [0.717, 1.165) is 0 Å². The topological polar surface area (TPSA) is 89.3 Å². The third-order valence-electron chi connectivity index (χ3n) is 3.01. The third-order valence-corrected chi connectivity index (χ3v) is 4.91. The molecule has 1 N–H and O–H groups in total. The van der Waals surface area contributed by atoms with Crippen LogP contribution in [0.5, 0.6) is 0 Å². The summed E-state index contributed by atoms with van der Waals surface area (Å²) >= 11 is 0. The molecule has 1 fully saturated rings. The van der Waals surface area contributed by atoms with E-state index in [9.17, 15) is 18.5 Å². The summed E-state index contributed by atoms with van der Waals surface area (Å²) in [6, 6.07) is 6.09. The fourth-order valence-corrected chi connectivity index (χ4v) is 4.25. The number of non-ortho nitro benzene ring substituents is 1. The largest absolute Gasteiger partial charge is 0.379 e. The normalized spacial score (nSPS) is 25.8. The van der Waals surface area contributed by atoms with E-state index < -0.39 is 20.3 Å². The minimum Gasteiger partial charge on any atom is -0.379 e. The van der Waals surface area contributed by atoms with Crippen molar-refractivity contribution >= 4 is 21.2 Å². The van der Waals surface area contributed by atoms with E-state index in [-0.39, 0.29) is 17.2 Å². The molecule has 1 aliphatic heterocycles. The van der Waals surface area contributed by atoms with E-state index in [1.54, 1.807) is 12.1 Å². The van der Waals surface area contributed by atoms with E-state index in [0.29, 0.717) is 12.1 Å². The molecular formula is C11H14N2O4S. The van der Waals surface area contributed by atoms with Crippen LogP contribution in [0.3, 0.4) is 0 Å². The van der Waals surface area contributed by atoms with Gasteiger partial charge in [0.1, 0.15) is 0 Å². The number of rotatable bonds is 3. The molecule has 0 aliphatic carbocycles. The molecule has 2 rings (SSSR count). The van der Waals surface area contributed by atoms with E-state index in [4.69, 9.17) is 0 Å². The second-order valence-electron chi connectivity index (χ2n) is 4.84. The van der Waals surface area contributed by atoms with E-state index in [1.807, 2.05) is 6.92 Å². The molecule has 18 heavy (non-hydrogen) atoms. The first kappa shape index (κ1) is 12.8. The number of nitrogens with one attached hydrogen (secondary N) is 1. The summed E-state index contributed by atoms with van der Waals surface area (Å²) in [5.41, 5.74) is 0.0156. The zero-order valence-electron chi connectivity index (χ0n) is 9.92. The van der Waals surface area contributed by atoms with Crippen LogP contribution in [0.4, 0.5) is 11.4 Å². The highest BCUT2D eigenvalue weighted by atomic mass is 32.2. The molecule has 0 bridgehead atoms. The standard InChI is InChI=1S/C11H14N2O4S/c1-11(5-6-18(16,17)8-11)12-9-3-2-4-10(7-9)13(14)15/h2-4,7,12H,5-6,8H2,1H3. The van der Waals surface area contributed by atoms with Crippen molar-refractivity contribution in [3.05, 3.63) is 34.4 Å². The lowest BCUT2D eigenvalue weighted by molar-refractivity contribution is -0.384. The predicted octanol–water partition coefficient (Wildman–Crippen LogP) is 1.58. The Balaban J connectivity index is 2.20. The van der Waals surface area contributed by atoms with Crippen LogP contribution < -0.4 is 5.32 Å². The van der Waals surface area contributed by atoms with Crippen molar-refractivity contribution in [1.82, 2.24) is 0 Å². The Bertz CT molecular complexity index is 584. The van der Waals surface area contributed by atoms with Gasteiger partial charge in [-0.25, -0.2) is 8.42 Å². The Hall–Kier alpha value is -1.63. The smallest absolute Gasteiger partial charge is 0.271 e. The lowest BCUT2D eigenvalue weighted by Gasteiger charge is -2.25. The average molecular weight is 270 g/mol. The number of benzene rings is 1. The molecule has 1 aromatic carbocycles. The van der Waals surface area contributed by atoms with Crippen molar-refractivity contribution in [1.29, 1.82) is 0 Å². The highest BCUT2D eigenvalue weighted by Crippen LogP contribution is 2.28. The minimum absolute atomic E-state index is 0.00976. The van der Waals surface area contributed by atoms with Gasteiger partial charge in [-0.15, -0.1) is 0 Å². The molecule has 0 aromatic heterocycles. The van der Waals surface area contributed by atoms with Gasteiger partial charge in [0.15, 0.2) is 9.84 Å². The zero-order valence-corrected chi connectivity index (χ0v) is 10.7. The van der Waals surface area contributed by atoms with Gasteiger partial charge < -0.3 is 5.32 Å². The van der Waals surface area contributed by atoms with Crippen molar-refractivity contribution in [3.63, 3.8) is 0 Å².